The molecule has 3 rings (SSSR count). The molecule has 1 aliphatic carbocycles. The molecule has 0 unspecified atom stereocenters. The number of amides is 2. The van der Waals surface area contributed by atoms with Gasteiger partial charge in [0.05, 0.1) is 18.3 Å². The molecule has 1 aliphatic heterocycles. The number of aryl methyl sites for hydroxylation is 1. The van der Waals surface area contributed by atoms with Crippen LogP contribution < -0.4 is 5.32 Å². The Balaban J connectivity index is 1.66. The molecule has 6 nitrogen and oxygen atoms in total. The van der Waals surface area contributed by atoms with Gasteiger partial charge in [0.25, 0.3) is 0 Å². The van der Waals surface area contributed by atoms with E-state index >= 15 is 0 Å². The quantitative estimate of drug-likeness (QED) is 0.921. The largest absolute Gasteiger partial charge is 0.379 e. The van der Waals surface area contributed by atoms with Crippen LogP contribution >= 0.6 is 0 Å². The van der Waals surface area contributed by atoms with Crippen molar-refractivity contribution in [1.29, 1.82) is 0 Å². The number of aromatic nitrogens is 2. The summed E-state index contributed by atoms with van der Waals surface area (Å²) in [4.78, 5) is 14.6. The first-order chi connectivity index (χ1) is 10.7. The third-order valence-corrected chi connectivity index (χ3v) is 4.93. The van der Waals surface area contributed by atoms with Crippen molar-refractivity contribution in [3.8, 4) is 0 Å². The molecule has 1 aromatic rings. The van der Waals surface area contributed by atoms with Gasteiger partial charge in [-0.05, 0) is 31.2 Å². The first kappa shape index (κ1) is 15.3. The van der Waals surface area contributed by atoms with E-state index in [9.17, 15) is 4.79 Å². The number of likely N-dealkylation sites (tertiary alicyclic amines) is 1. The minimum atomic E-state index is 0.0698. The van der Waals surface area contributed by atoms with Gasteiger partial charge in [0.15, 0.2) is 0 Å². The zero-order valence-electron chi connectivity index (χ0n) is 13.5. The predicted octanol–water partition coefficient (Wildman–Crippen LogP) is 1.70. The van der Waals surface area contributed by atoms with Crippen molar-refractivity contribution in [2.75, 3.05) is 13.7 Å². The van der Waals surface area contributed by atoms with Crippen molar-refractivity contribution in [1.82, 2.24) is 20.0 Å². The maximum Gasteiger partial charge on any atom is 0.317 e. The van der Waals surface area contributed by atoms with E-state index in [4.69, 9.17) is 4.74 Å². The van der Waals surface area contributed by atoms with Crippen LogP contribution in [0.2, 0.25) is 0 Å². The van der Waals surface area contributed by atoms with Gasteiger partial charge >= 0.3 is 6.03 Å². The summed E-state index contributed by atoms with van der Waals surface area (Å²) in [5.74, 6) is 0. The lowest BCUT2D eigenvalue weighted by Crippen LogP contribution is -2.48. The molecule has 0 radical (unpaired) electrons. The molecule has 1 saturated heterocycles. The topological polar surface area (TPSA) is 59.4 Å². The van der Waals surface area contributed by atoms with E-state index in [-0.39, 0.29) is 18.2 Å². The van der Waals surface area contributed by atoms with Gasteiger partial charge in [-0.2, -0.15) is 5.10 Å². The highest BCUT2D eigenvalue weighted by Crippen LogP contribution is 2.25. The van der Waals surface area contributed by atoms with Gasteiger partial charge in [-0.15, -0.1) is 0 Å². The Morgan fingerprint density at radius 3 is 2.82 bits per heavy atom. The Hall–Kier alpha value is -1.56. The van der Waals surface area contributed by atoms with Gasteiger partial charge in [-0.25, -0.2) is 4.79 Å². The molecule has 2 amide bonds. The lowest BCUT2D eigenvalue weighted by Gasteiger charge is -2.28. The van der Waals surface area contributed by atoms with Gasteiger partial charge in [0, 0.05) is 32.9 Å². The second-order valence-electron chi connectivity index (χ2n) is 6.48. The molecule has 2 aliphatic rings. The van der Waals surface area contributed by atoms with Crippen molar-refractivity contribution in [2.24, 2.45) is 7.05 Å². The smallest absolute Gasteiger partial charge is 0.317 e. The van der Waals surface area contributed by atoms with Crippen molar-refractivity contribution < 1.29 is 9.53 Å². The molecule has 0 spiro atoms. The number of methoxy groups -OCH3 is 1. The van der Waals surface area contributed by atoms with E-state index in [1.165, 1.54) is 12.8 Å². The first-order valence-corrected chi connectivity index (χ1v) is 8.25. The molecule has 122 valence electrons. The molecule has 0 bridgehead atoms. The number of carbonyl (C=O) groups is 1. The van der Waals surface area contributed by atoms with Crippen LogP contribution in [0.5, 0.6) is 0 Å². The van der Waals surface area contributed by atoms with E-state index in [1.807, 2.05) is 24.3 Å². The second-order valence-corrected chi connectivity index (χ2v) is 6.48. The minimum absolute atomic E-state index is 0.0698. The summed E-state index contributed by atoms with van der Waals surface area (Å²) in [6.45, 7) is 0.766. The van der Waals surface area contributed by atoms with E-state index in [1.54, 1.807) is 11.8 Å². The number of nitrogens with one attached hydrogen (secondary N) is 1. The molecular weight excluding hydrogens is 280 g/mol. The summed E-state index contributed by atoms with van der Waals surface area (Å²) in [5.41, 5.74) is 1.15. The molecule has 2 fully saturated rings. The van der Waals surface area contributed by atoms with Crippen LogP contribution in [-0.4, -0.2) is 52.6 Å². The Morgan fingerprint density at radius 1 is 1.41 bits per heavy atom. The molecule has 0 aromatic carbocycles. The van der Waals surface area contributed by atoms with Crippen LogP contribution in [0.25, 0.3) is 0 Å². The van der Waals surface area contributed by atoms with Crippen molar-refractivity contribution >= 4 is 6.03 Å². The molecule has 2 atom stereocenters. The fraction of sp³-hybridized carbons (Fsp3) is 0.750. The van der Waals surface area contributed by atoms with E-state index < -0.39 is 0 Å². The fourth-order valence-corrected chi connectivity index (χ4v) is 3.74. The highest BCUT2D eigenvalue weighted by molar-refractivity contribution is 5.75. The van der Waals surface area contributed by atoms with E-state index in [0.717, 1.165) is 37.8 Å². The maximum atomic E-state index is 12.6. The number of nitrogens with zero attached hydrogens (tertiary/aromatic N) is 3. The van der Waals surface area contributed by atoms with Crippen LogP contribution in [0.1, 0.15) is 37.7 Å². The minimum Gasteiger partial charge on any atom is -0.379 e. The zero-order valence-corrected chi connectivity index (χ0v) is 13.5. The first-order valence-electron chi connectivity index (χ1n) is 8.25. The number of rotatable bonds is 4. The Morgan fingerprint density at radius 2 is 2.18 bits per heavy atom. The number of ether oxygens (including phenoxy) is 1. The van der Waals surface area contributed by atoms with Crippen LogP contribution in [0.4, 0.5) is 4.79 Å². The molecule has 1 N–H and O–H groups in total. The van der Waals surface area contributed by atoms with Crippen molar-refractivity contribution in [3.05, 3.63) is 18.0 Å². The van der Waals surface area contributed by atoms with E-state index in [2.05, 4.69) is 10.4 Å². The number of hydrogen-bond donors (Lipinski definition) is 1. The predicted molar refractivity (Wildman–Crippen MR) is 83.6 cm³/mol. The van der Waals surface area contributed by atoms with Gasteiger partial charge in [-0.1, -0.05) is 12.8 Å². The molecule has 22 heavy (non-hydrogen) atoms. The SMILES string of the molecule is CO[C@@H]1CCN(C(=O)NC2CCCC2)[C@@H]1Cc1cnn(C)c1. The molecule has 1 saturated carbocycles. The average molecular weight is 306 g/mol. The lowest BCUT2D eigenvalue weighted by molar-refractivity contribution is 0.0721. The maximum absolute atomic E-state index is 12.6. The highest BCUT2D eigenvalue weighted by Gasteiger charge is 2.38. The number of carbonyl (C=O) groups excluding carboxylic acids is 1. The summed E-state index contributed by atoms with van der Waals surface area (Å²) in [5, 5.41) is 7.42. The van der Waals surface area contributed by atoms with Crippen LogP contribution in [0.15, 0.2) is 12.4 Å². The Labute approximate surface area is 131 Å². The summed E-state index contributed by atoms with van der Waals surface area (Å²) >= 11 is 0. The fourth-order valence-electron chi connectivity index (χ4n) is 3.74. The van der Waals surface area contributed by atoms with Crippen LogP contribution in [-0.2, 0) is 18.2 Å². The number of urea groups is 1. The number of hydrogen-bond acceptors (Lipinski definition) is 3. The third kappa shape index (κ3) is 3.27. The molecule has 2 heterocycles. The van der Waals surface area contributed by atoms with E-state index in [0.29, 0.717) is 6.04 Å². The summed E-state index contributed by atoms with van der Waals surface area (Å²) in [6.07, 6.45) is 10.4. The van der Waals surface area contributed by atoms with Crippen molar-refractivity contribution in [3.63, 3.8) is 0 Å². The van der Waals surface area contributed by atoms with Crippen LogP contribution in [0.3, 0.4) is 0 Å². The normalized spacial score (nSPS) is 25.8. The highest BCUT2D eigenvalue weighted by atomic mass is 16.5. The molecule has 6 heteroatoms. The van der Waals surface area contributed by atoms with Crippen LogP contribution in [0, 0.1) is 0 Å². The molecular formula is C16H26N4O2. The third-order valence-electron chi connectivity index (χ3n) is 4.93. The van der Waals surface area contributed by atoms with Crippen molar-refractivity contribution in [2.45, 2.75) is 56.7 Å². The lowest BCUT2D eigenvalue weighted by atomic mass is 10.0. The summed E-state index contributed by atoms with van der Waals surface area (Å²) in [7, 11) is 3.65. The summed E-state index contributed by atoms with van der Waals surface area (Å²) in [6, 6.07) is 0.518. The van der Waals surface area contributed by atoms with Gasteiger partial charge in [0.1, 0.15) is 0 Å². The van der Waals surface area contributed by atoms with Gasteiger partial charge < -0.3 is 15.0 Å². The Kier molecular flexibility index (Phi) is 4.66. The molecule has 1 aromatic heterocycles. The van der Waals surface area contributed by atoms with Gasteiger partial charge in [0.2, 0.25) is 0 Å². The second kappa shape index (κ2) is 6.69. The zero-order chi connectivity index (χ0) is 15.5. The standard InChI is InChI=1S/C16H26N4O2/c1-19-11-12(10-17-19)9-14-15(22-2)7-8-20(14)16(21)18-13-5-3-4-6-13/h10-11,13-15H,3-9H2,1-2H3,(H,18,21)/t14-,15-/m1/s1. The average Bonchev–Trinajstić information content (AvgIpc) is 3.21. The summed E-state index contributed by atoms with van der Waals surface area (Å²) < 4.78 is 7.40. The Bertz CT molecular complexity index is 510. The van der Waals surface area contributed by atoms with Gasteiger partial charge in [-0.3, -0.25) is 4.68 Å². The monoisotopic (exact) mass is 306 g/mol.